The van der Waals surface area contributed by atoms with E-state index in [1.165, 1.54) is 0 Å². The lowest BCUT2D eigenvalue weighted by Gasteiger charge is -2.24. The Kier molecular flexibility index (Phi) is 3.73. The highest BCUT2D eigenvalue weighted by atomic mass is 16.3. The van der Waals surface area contributed by atoms with Crippen molar-refractivity contribution >= 4 is 5.78 Å². The molecule has 5 heteroatoms. The molecule has 0 radical (unpaired) electrons. The van der Waals surface area contributed by atoms with Crippen molar-refractivity contribution in [1.29, 1.82) is 0 Å². The third kappa shape index (κ3) is 3.05. The van der Waals surface area contributed by atoms with Gasteiger partial charge in [0.2, 0.25) is 0 Å². The molecule has 0 unspecified atom stereocenters. The number of aliphatic hydroxyl groups excluding tert-OH is 1. The summed E-state index contributed by atoms with van der Waals surface area (Å²) in [6, 6.07) is 0. The fourth-order valence-electron chi connectivity index (χ4n) is 1.69. The topological polar surface area (TPSA) is 86.1 Å². The summed E-state index contributed by atoms with van der Waals surface area (Å²) in [5.74, 6) is -0.147. The van der Waals surface area contributed by atoms with Crippen LogP contribution in [0.5, 0.6) is 0 Å². The molecule has 0 amide bonds. The van der Waals surface area contributed by atoms with Gasteiger partial charge in [0.15, 0.2) is 0 Å². The minimum atomic E-state index is -0.353. The Hall–Kier alpha value is -1.06. The van der Waals surface area contributed by atoms with E-state index in [0.29, 0.717) is 6.42 Å². The third-order valence-corrected chi connectivity index (χ3v) is 2.39. The zero-order chi connectivity index (χ0) is 9.68. The Morgan fingerprint density at radius 3 is 3.00 bits per heavy atom. The average Bonchev–Trinajstić information content (AvgIpc) is 2.14. The van der Waals surface area contributed by atoms with Crippen LogP contribution in [0.2, 0.25) is 0 Å². The molecule has 1 saturated carbocycles. The van der Waals surface area contributed by atoms with E-state index in [1.807, 2.05) is 0 Å². The first-order valence-electron chi connectivity index (χ1n) is 4.45. The van der Waals surface area contributed by atoms with Crippen molar-refractivity contribution in [3.63, 3.8) is 0 Å². The molecule has 72 valence electrons. The molecule has 5 nitrogen and oxygen atoms in total. The first-order valence-corrected chi connectivity index (χ1v) is 4.45. The Bertz CT molecular complexity index is 236. The summed E-state index contributed by atoms with van der Waals surface area (Å²) in [5.41, 5.74) is 8.02. The largest absolute Gasteiger partial charge is 0.393 e. The van der Waals surface area contributed by atoms with Gasteiger partial charge < -0.3 is 5.11 Å². The number of rotatable bonds is 3. The van der Waals surface area contributed by atoms with Crippen LogP contribution < -0.4 is 0 Å². The second-order valence-corrected chi connectivity index (χ2v) is 3.37. The number of carbonyl (C=O) groups excluding carboxylic acids is 1. The number of carbonyl (C=O) groups is 1. The molecule has 0 aliphatic heterocycles. The summed E-state index contributed by atoms with van der Waals surface area (Å²) < 4.78 is 0. The lowest BCUT2D eigenvalue weighted by atomic mass is 9.84. The molecular formula is C8H13N3O2. The van der Waals surface area contributed by atoms with Crippen molar-refractivity contribution in [2.45, 2.75) is 31.8 Å². The van der Waals surface area contributed by atoms with Crippen LogP contribution in [0.1, 0.15) is 25.7 Å². The summed E-state index contributed by atoms with van der Waals surface area (Å²) in [5, 5.41) is 12.5. The summed E-state index contributed by atoms with van der Waals surface area (Å²) in [6.45, 7) is -0.0755. The first-order chi connectivity index (χ1) is 6.24. The number of azide groups is 1. The summed E-state index contributed by atoms with van der Waals surface area (Å²) in [4.78, 5) is 13.9. The maximum atomic E-state index is 11.3. The molecule has 13 heavy (non-hydrogen) atoms. The molecule has 2 atom stereocenters. The van der Waals surface area contributed by atoms with Crippen LogP contribution in [0.15, 0.2) is 5.11 Å². The van der Waals surface area contributed by atoms with E-state index in [4.69, 9.17) is 5.53 Å². The zero-order valence-electron chi connectivity index (χ0n) is 7.39. The van der Waals surface area contributed by atoms with Gasteiger partial charge in [0.1, 0.15) is 5.78 Å². The minimum absolute atomic E-state index is 0.0449. The van der Waals surface area contributed by atoms with E-state index in [1.54, 1.807) is 0 Å². The summed E-state index contributed by atoms with van der Waals surface area (Å²) >= 11 is 0. The predicted octanol–water partition coefficient (Wildman–Crippen LogP) is 1.42. The number of hydrogen-bond donors (Lipinski definition) is 1. The van der Waals surface area contributed by atoms with Crippen molar-refractivity contribution in [3.8, 4) is 0 Å². The second kappa shape index (κ2) is 4.84. The van der Waals surface area contributed by atoms with E-state index in [-0.39, 0.29) is 24.3 Å². The van der Waals surface area contributed by atoms with Crippen molar-refractivity contribution in [2.24, 2.45) is 11.0 Å². The fourth-order valence-corrected chi connectivity index (χ4v) is 1.69. The first kappa shape index (κ1) is 10.0. The van der Waals surface area contributed by atoms with Crippen LogP contribution in [-0.2, 0) is 4.79 Å². The number of aliphatic hydroxyl groups is 1. The molecule has 0 heterocycles. The Morgan fingerprint density at radius 2 is 2.38 bits per heavy atom. The van der Waals surface area contributed by atoms with E-state index >= 15 is 0 Å². The van der Waals surface area contributed by atoms with E-state index in [9.17, 15) is 9.90 Å². The SMILES string of the molecule is [N-]=[N+]=NCC(=O)[C@H]1CCC[C@H](O)C1. The Balaban J connectivity index is 2.41. The number of hydrogen-bond acceptors (Lipinski definition) is 3. The number of Topliss-reactive ketones (excluding diaryl/α,β-unsaturated/α-hetero) is 1. The predicted molar refractivity (Wildman–Crippen MR) is 47.0 cm³/mol. The smallest absolute Gasteiger partial charge is 0.141 e. The maximum Gasteiger partial charge on any atom is 0.141 e. The average molecular weight is 183 g/mol. The fraction of sp³-hybridized carbons (Fsp3) is 0.875. The third-order valence-electron chi connectivity index (χ3n) is 2.39. The van der Waals surface area contributed by atoms with Crippen molar-refractivity contribution < 1.29 is 9.90 Å². The van der Waals surface area contributed by atoms with Gasteiger partial charge in [0.25, 0.3) is 0 Å². The highest BCUT2D eigenvalue weighted by molar-refractivity contribution is 5.83. The van der Waals surface area contributed by atoms with Gasteiger partial charge in [-0.05, 0) is 24.8 Å². The summed E-state index contributed by atoms with van der Waals surface area (Å²) in [7, 11) is 0. The van der Waals surface area contributed by atoms with Crippen LogP contribution in [0, 0.1) is 5.92 Å². The van der Waals surface area contributed by atoms with Gasteiger partial charge in [-0.2, -0.15) is 0 Å². The standard InChI is InChI=1S/C8H13N3O2/c9-11-10-5-8(13)6-2-1-3-7(12)4-6/h6-7,12H,1-5H2/t6-,7-/m0/s1. The van der Waals surface area contributed by atoms with E-state index < -0.39 is 0 Å². The molecule has 1 aliphatic carbocycles. The zero-order valence-corrected chi connectivity index (χ0v) is 7.39. The van der Waals surface area contributed by atoms with E-state index in [2.05, 4.69) is 10.0 Å². The summed E-state index contributed by atoms with van der Waals surface area (Å²) in [6.07, 6.45) is 2.66. The van der Waals surface area contributed by atoms with Gasteiger partial charge >= 0.3 is 0 Å². The van der Waals surface area contributed by atoms with Crippen LogP contribution in [-0.4, -0.2) is 23.5 Å². The van der Waals surface area contributed by atoms with Crippen molar-refractivity contribution in [1.82, 2.24) is 0 Å². The molecule has 1 fully saturated rings. The minimum Gasteiger partial charge on any atom is -0.393 e. The van der Waals surface area contributed by atoms with Crippen LogP contribution in [0.25, 0.3) is 10.4 Å². The lowest BCUT2D eigenvalue weighted by Crippen LogP contribution is -2.27. The molecule has 0 saturated heterocycles. The number of ketones is 1. The normalized spacial score (nSPS) is 27.8. The molecular weight excluding hydrogens is 170 g/mol. The molecule has 1 aliphatic rings. The molecule has 0 spiro atoms. The van der Waals surface area contributed by atoms with Crippen LogP contribution in [0.4, 0.5) is 0 Å². The number of nitrogens with zero attached hydrogens (tertiary/aromatic N) is 3. The maximum absolute atomic E-state index is 11.3. The van der Waals surface area contributed by atoms with Gasteiger partial charge in [0.05, 0.1) is 12.6 Å². The quantitative estimate of drug-likeness (QED) is 0.407. The molecule has 0 bridgehead atoms. The van der Waals surface area contributed by atoms with Gasteiger partial charge in [-0.15, -0.1) is 0 Å². The van der Waals surface area contributed by atoms with Gasteiger partial charge in [0, 0.05) is 10.8 Å². The van der Waals surface area contributed by atoms with Gasteiger partial charge in [-0.3, -0.25) is 4.79 Å². The van der Waals surface area contributed by atoms with E-state index in [0.717, 1.165) is 19.3 Å². The highest BCUT2D eigenvalue weighted by Crippen LogP contribution is 2.24. The Labute approximate surface area is 76.4 Å². The molecule has 1 N–H and O–H groups in total. The van der Waals surface area contributed by atoms with Crippen molar-refractivity contribution in [3.05, 3.63) is 10.4 Å². The Morgan fingerprint density at radius 1 is 1.62 bits per heavy atom. The van der Waals surface area contributed by atoms with Gasteiger partial charge in [-0.1, -0.05) is 11.5 Å². The van der Waals surface area contributed by atoms with Crippen LogP contribution in [0.3, 0.4) is 0 Å². The molecule has 1 rings (SSSR count). The second-order valence-electron chi connectivity index (χ2n) is 3.37. The lowest BCUT2D eigenvalue weighted by molar-refractivity contribution is -0.123. The molecule has 0 aromatic carbocycles. The highest BCUT2D eigenvalue weighted by Gasteiger charge is 2.24. The molecule has 0 aromatic heterocycles. The monoisotopic (exact) mass is 183 g/mol. The van der Waals surface area contributed by atoms with Crippen molar-refractivity contribution in [2.75, 3.05) is 6.54 Å². The van der Waals surface area contributed by atoms with Crippen LogP contribution >= 0.6 is 0 Å². The molecule has 0 aromatic rings. The van der Waals surface area contributed by atoms with Gasteiger partial charge in [-0.25, -0.2) is 0 Å².